The number of hydrogen-bond donors (Lipinski definition) is 3. The van der Waals surface area contributed by atoms with Crippen LogP contribution in [0.2, 0.25) is 0 Å². The topological polar surface area (TPSA) is 92.9 Å². The summed E-state index contributed by atoms with van der Waals surface area (Å²) in [5.41, 5.74) is 8.58. The maximum absolute atomic E-state index is 11.8. The molecule has 0 saturated carbocycles. The Kier molecular flexibility index (Phi) is 4.84. The number of aromatic nitrogens is 2. The summed E-state index contributed by atoms with van der Waals surface area (Å²) in [5, 5.41) is 5.84. The Morgan fingerprint density at radius 3 is 2.33 bits per heavy atom. The van der Waals surface area contributed by atoms with Gasteiger partial charge in [0.1, 0.15) is 0 Å². The van der Waals surface area contributed by atoms with Gasteiger partial charge >= 0.3 is 0 Å². The van der Waals surface area contributed by atoms with Gasteiger partial charge in [0, 0.05) is 35.7 Å². The number of hydrogen-bond acceptors (Lipinski definition) is 5. The predicted molar refractivity (Wildman–Crippen MR) is 82.6 cm³/mol. The fraction of sp³-hybridized carbons (Fsp3) is 0.267. The Bertz CT molecular complexity index is 604. The quantitative estimate of drug-likeness (QED) is 0.774. The van der Waals surface area contributed by atoms with Gasteiger partial charge in [0.15, 0.2) is 0 Å². The Morgan fingerprint density at radius 1 is 1.14 bits per heavy atom. The minimum Gasteiger partial charge on any atom is -0.351 e. The molecular formula is C15H19N5O. The molecule has 6 heteroatoms. The molecule has 0 spiro atoms. The van der Waals surface area contributed by atoms with E-state index in [-0.39, 0.29) is 5.91 Å². The van der Waals surface area contributed by atoms with Crippen LogP contribution in [0.25, 0.3) is 0 Å². The van der Waals surface area contributed by atoms with Gasteiger partial charge < -0.3 is 16.4 Å². The van der Waals surface area contributed by atoms with Crippen molar-refractivity contribution in [2.24, 2.45) is 5.73 Å². The third-order valence-corrected chi connectivity index (χ3v) is 2.82. The highest BCUT2D eigenvalue weighted by molar-refractivity contribution is 5.94. The molecule has 21 heavy (non-hydrogen) atoms. The van der Waals surface area contributed by atoms with E-state index in [0.29, 0.717) is 24.6 Å². The van der Waals surface area contributed by atoms with Crippen molar-refractivity contribution in [2.45, 2.75) is 13.8 Å². The molecule has 0 aliphatic carbocycles. The molecule has 0 aliphatic heterocycles. The van der Waals surface area contributed by atoms with Gasteiger partial charge in [0.25, 0.3) is 5.91 Å². The first kappa shape index (κ1) is 14.9. The van der Waals surface area contributed by atoms with E-state index in [1.165, 1.54) is 0 Å². The summed E-state index contributed by atoms with van der Waals surface area (Å²) in [6.45, 7) is 4.74. The zero-order valence-corrected chi connectivity index (χ0v) is 12.2. The maximum atomic E-state index is 11.8. The highest BCUT2D eigenvalue weighted by Crippen LogP contribution is 2.14. The second-order valence-corrected chi connectivity index (χ2v) is 4.72. The van der Waals surface area contributed by atoms with Crippen molar-refractivity contribution in [1.29, 1.82) is 0 Å². The van der Waals surface area contributed by atoms with Crippen molar-refractivity contribution in [3.05, 3.63) is 47.3 Å². The van der Waals surface area contributed by atoms with Gasteiger partial charge in [0.2, 0.25) is 5.95 Å². The lowest BCUT2D eigenvalue weighted by Gasteiger charge is -2.08. The lowest BCUT2D eigenvalue weighted by molar-refractivity contribution is 0.0955. The van der Waals surface area contributed by atoms with Crippen LogP contribution in [0, 0.1) is 13.8 Å². The van der Waals surface area contributed by atoms with Crippen molar-refractivity contribution in [3.63, 3.8) is 0 Å². The van der Waals surface area contributed by atoms with Crippen LogP contribution in [0.3, 0.4) is 0 Å². The highest BCUT2D eigenvalue weighted by atomic mass is 16.1. The molecule has 2 rings (SSSR count). The monoisotopic (exact) mass is 285 g/mol. The van der Waals surface area contributed by atoms with E-state index < -0.39 is 0 Å². The summed E-state index contributed by atoms with van der Waals surface area (Å²) >= 11 is 0. The molecule has 6 nitrogen and oxygen atoms in total. The average Bonchev–Trinajstić information content (AvgIpc) is 2.44. The molecule has 0 radical (unpaired) electrons. The summed E-state index contributed by atoms with van der Waals surface area (Å²) in [5.74, 6) is 0.419. The summed E-state index contributed by atoms with van der Waals surface area (Å²) < 4.78 is 0. The van der Waals surface area contributed by atoms with E-state index >= 15 is 0 Å². The first-order valence-electron chi connectivity index (χ1n) is 6.76. The highest BCUT2D eigenvalue weighted by Gasteiger charge is 2.05. The van der Waals surface area contributed by atoms with Gasteiger partial charge in [-0.25, -0.2) is 9.97 Å². The second-order valence-electron chi connectivity index (χ2n) is 4.72. The smallest absolute Gasteiger partial charge is 0.251 e. The van der Waals surface area contributed by atoms with Crippen LogP contribution in [0.4, 0.5) is 11.6 Å². The Hall–Kier alpha value is -2.47. The van der Waals surface area contributed by atoms with Crippen LogP contribution < -0.4 is 16.4 Å². The maximum Gasteiger partial charge on any atom is 0.251 e. The summed E-state index contributed by atoms with van der Waals surface area (Å²) in [6, 6.07) is 9.04. The van der Waals surface area contributed by atoms with Crippen molar-refractivity contribution < 1.29 is 4.79 Å². The number of nitrogens with one attached hydrogen (secondary N) is 2. The van der Waals surface area contributed by atoms with Crippen LogP contribution in [-0.4, -0.2) is 29.0 Å². The molecular weight excluding hydrogens is 266 g/mol. The van der Waals surface area contributed by atoms with Crippen LogP contribution in [0.15, 0.2) is 30.3 Å². The lowest BCUT2D eigenvalue weighted by atomic mass is 10.2. The Morgan fingerprint density at radius 2 is 1.76 bits per heavy atom. The van der Waals surface area contributed by atoms with E-state index in [9.17, 15) is 4.79 Å². The third-order valence-electron chi connectivity index (χ3n) is 2.82. The summed E-state index contributed by atoms with van der Waals surface area (Å²) in [4.78, 5) is 20.4. The molecule has 1 aromatic heterocycles. The zero-order chi connectivity index (χ0) is 15.2. The summed E-state index contributed by atoms with van der Waals surface area (Å²) in [7, 11) is 0. The molecule has 0 aliphatic rings. The fourth-order valence-corrected chi connectivity index (χ4v) is 1.90. The molecule has 4 N–H and O–H groups in total. The van der Waals surface area contributed by atoms with E-state index in [2.05, 4.69) is 20.6 Å². The molecule has 110 valence electrons. The number of nitrogens with zero attached hydrogens (tertiary/aromatic N) is 2. The molecule has 0 bridgehead atoms. The zero-order valence-electron chi connectivity index (χ0n) is 12.2. The molecule has 0 saturated heterocycles. The van der Waals surface area contributed by atoms with Crippen LogP contribution in [0.1, 0.15) is 21.7 Å². The number of rotatable bonds is 5. The number of benzene rings is 1. The number of amides is 1. The van der Waals surface area contributed by atoms with Gasteiger partial charge in [0.05, 0.1) is 0 Å². The second kappa shape index (κ2) is 6.81. The van der Waals surface area contributed by atoms with E-state index in [4.69, 9.17) is 5.73 Å². The van der Waals surface area contributed by atoms with E-state index in [1.54, 1.807) is 12.1 Å². The number of nitrogens with two attached hydrogens (primary N) is 1. The molecule has 0 atom stereocenters. The average molecular weight is 285 g/mol. The standard InChI is InChI=1S/C15H19N5O/c1-10-9-11(2)19-15(18-10)20-13-5-3-12(4-6-13)14(21)17-8-7-16/h3-6,9H,7-8,16H2,1-2H3,(H,17,21)(H,18,19,20). The molecule has 0 unspecified atom stereocenters. The number of aryl methyl sites for hydroxylation is 2. The Balaban J connectivity index is 2.07. The van der Waals surface area contributed by atoms with Gasteiger partial charge in [-0.05, 0) is 44.2 Å². The van der Waals surface area contributed by atoms with E-state index in [0.717, 1.165) is 17.1 Å². The normalized spacial score (nSPS) is 10.2. The first-order chi connectivity index (χ1) is 10.1. The lowest BCUT2D eigenvalue weighted by Crippen LogP contribution is -2.28. The first-order valence-corrected chi connectivity index (χ1v) is 6.76. The van der Waals surface area contributed by atoms with Crippen LogP contribution in [0.5, 0.6) is 0 Å². The van der Waals surface area contributed by atoms with E-state index in [1.807, 2.05) is 32.0 Å². The number of carbonyl (C=O) groups is 1. The molecule has 0 fully saturated rings. The molecule has 1 aromatic carbocycles. The van der Waals surface area contributed by atoms with Crippen molar-refractivity contribution in [2.75, 3.05) is 18.4 Å². The number of anilines is 2. The molecule has 1 amide bonds. The van der Waals surface area contributed by atoms with Gasteiger partial charge in [-0.2, -0.15) is 0 Å². The minimum absolute atomic E-state index is 0.130. The molecule has 2 aromatic rings. The van der Waals surface area contributed by atoms with Crippen LogP contribution >= 0.6 is 0 Å². The largest absolute Gasteiger partial charge is 0.351 e. The number of carbonyl (C=O) groups excluding carboxylic acids is 1. The van der Waals surface area contributed by atoms with Gasteiger partial charge in [-0.1, -0.05) is 0 Å². The van der Waals surface area contributed by atoms with Crippen molar-refractivity contribution in [3.8, 4) is 0 Å². The van der Waals surface area contributed by atoms with Crippen molar-refractivity contribution in [1.82, 2.24) is 15.3 Å². The van der Waals surface area contributed by atoms with Gasteiger partial charge in [-0.15, -0.1) is 0 Å². The SMILES string of the molecule is Cc1cc(C)nc(Nc2ccc(C(=O)NCCN)cc2)n1. The van der Waals surface area contributed by atoms with Gasteiger partial charge in [-0.3, -0.25) is 4.79 Å². The van der Waals surface area contributed by atoms with Crippen molar-refractivity contribution >= 4 is 17.5 Å². The third kappa shape index (κ3) is 4.25. The predicted octanol–water partition coefficient (Wildman–Crippen LogP) is 1.53. The fourth-order valence-electron chi connectivity index (χ4n) is 1.90. The Labute approximate surface area is 123 Å². The minimum atomic E-state index is -0.130. The molecule has 1 heterocycles. The van der Waals surface area contributed by atoms with Crippen LogP contribution in [-0.2, 0) is 0 Å². The summed E-state index contributed by atoms with van der Waals surface area (Å²) in [6.07, 6.45) is 0.